The predicted molar refractivity (Wildman–Crippen MR) is 105 cm³/mol. The Morgan fingerprint density at radius 2 is 1.64 bits per heavy atom. The van der Waals surface area contributed by atoms with E-state index >= 15 is 4.39 Å². The van der Waals surface area contributed by atoms with Crippen molar-refractivity contribution in [2.75, 3.05) is 13.2 Å². The van der Waals surface area contributed by atoms with E-state index in [1.165, 1.54) is 12.1 Å². The third kappa shape index (κ3) is 3.88. The Morgan fingerprint density at radius 1 is 0.893 bits per heavy atom. The van der Waals surface area contributed by atoms with Gasteiger partial charge in [0.2, 0.25) is 5.82 Å². The topological polar surface area (TPSA) is 18.5 Å². The number of rotatable bonds is 7. The molecule has 0 fully saturated rings. The molecule has 0 aliphatic rings. The van der Waals surface area contributed by atoms with Crippen LogP contribution in [0.3, 0.4) is 0 Å². The van der Waals surface area contributed by atoms with E-state index in [2.05, 4.69) is 6.58 Å². The van der Waals surface area contributed by atoms with E-state index in [4.69, 9.17) is 9.47 Å². The van der Waals surface area contributed by atoms with E-state index < -0.39 is 22.8 Å². The number of ether oxygens (including phenoxy) is 2. The SMILES string of the molecule is C=CCOc1ccc(-c2ccc3cc(OCC=CC)c(F)c(F)c3c2F)cc1. The molecule has 0 N–H and O–H groups in total. The molecule has 0 unspecified atom stereocenters. The quantitative estimate of drug-likeness (QED) is 0.436. The van der Waals surface area contributed by atoms with Crippen molar-refractivity contribution in [3.8, 4) is 22.6 Å². The molecule has 0 aliphatic heterocycles. The monoisotopic (exact) mass is 384 g/mol. The van der Waals surface area contributed by atoms with Crippen molar-refractivity contribution in [1.82, 2.24) is 0 Å². The molecule has 0 saturated heterocycles. The Balaban J connectivity index is 2.02. The smallest absolute Gasteiger partial charge is 0.201 e. The van der Waals surface area contributed by atoms with Gasteiger partial charge in [0.15, 0.2) is 11.6 Å². The van der Waals surface area contributed by atoms with Crippen molar-refractivity contribution in [1.29, 1.82) is 0 Å². The summed E-state index contributed by atoms with van der Waals surface area (Å²) in [5.41, 5.74) is 0.697. The minimum Gasteiger partial charge on any atom is -0.490 e. The van der Waals surface area contributed by atoms with Crippen LogP contribution < -0.4 is 9.47 Å². The lowest BCUT2D eigenvalue weighted by Crippen LogP contribution is -2.00. The van der Waals surface area contributed by atoms with Gasteiger partial charge in [-0.25, -0.2) is 8.78 Å². The minimum atomic E-state index is -1.27. The van der Waals surface area contributed by atoms with Gasteiger partial charge in [-0.3, -0.25) is 0 Å². The molecule has 3 aromatic carbocycles. The largest absolute Gasteiger partial charge is 0.490 e. The molecule has 28 heavy (non-hydrogen) atoms. The van der Waals surface area contributed by atoms with Crippen molar-refractivity contribution < 1.29 is 22.6 Å². The van der Waals surface area contributed by atoms with Crippen LogP contribution in [0.5, 0.6) is 11.5 Å². The van der Waals surface area contributed by atoms with Crippen LogP contribution in [-0.2, 0) is 0 Å². The molecule has 0 aromatic heterocycles. The summed E-state index contributed by atoms with van der Waals surface area (Å²) in [5, 5.41) is -0.179. The Hall–Kier alpha value is -3.21. The number of benzene rings is 3. The van der Waals surface area contributed by atoms with Crippen molar-refractivity contribution in [2.45, 2.75) is 6.92 Å². The second-order valence-corrected chi connectivity index (χ2v) is 6.03. The highest BCUT2D eigenvalue weighted by Gasteiger charge is 2.20. The lowest BCUT2D eigenvalue weighted by Gasteiger charge is -2.12. The van der Waals surface area contributed by atoms with Gasteiger partial charge in [-0.15, -0.1) is 0 Å². The molecule has 0 heterocycles. The maximum absolute atomic E-state index is 15.0. The van der Waals surface area contributed by atoms with E-state index in [1.54, 1.807) is 55.5 Å². The Bertz CT molecular complexity index is 1020. The highest BCUT2D eigenvalue weighted by atomic mass is 19.2. The zero-order valence-electron chi connectivity index (χ0n) is 15.3. The maximum Gasteiger partial charge on any atom is 0.201 e. The Morgan fingerprint density at radius 3 is 2.32 bits per heavy atom. The number of fused-ring (bicyclic) bond motifs is 1. The third-order valence-corrected chi connectivity index (χ3v) is 4.19. The molecular formula is C23H19F3O2. The first-order valence-electron chi connectivity index (χ1n) is 8.75. The average Bonchev–Trinajstić information content (AvgIpc) is 2.71. The van der Waals surface area contributed by atoms with Gasteiger partial charge in [0.1, 0.15) is 24.8 Å². The summed E-state index contributed by atoms with van der Waals surface area (Å²) in [6, 6.07) is 11.0. The van der Waals surface area contributed by atoms with Gasteiger partial charge in [0, 0.05) is 5.56 Å². The van der Waals surface area contributed by atoms with Gasteiger partial charge in [0.05, 0.1) is 5.39 Å². The summed E-state index contributed by atoms with van der Waals surface area (Å²) >= 11 is 0. The number of hydrogen-bond acceptors (Lipinski definition) is 2. The molecule has 3 rings (SSSR count). The first kappa shape index (κ1) is 19.5. The fourth-order valence-electron chi connectivity index (χ4n) is 2.80. The average molecular weight is 384 g/mol. The van der Waals surface area contributed by atoms with Gasteiger partial charge < -0.3 is 9.47 Å². The van der Waals surface area contributed by atoms with Crippen LogP contribution in [0.25, 0.3) is 21.9 Å². The summed E-state index contributed by atoms with van der Waals surface area (Å²) in [7, 11) is 0. The zero-order chi connectivity index (χ0) is 20.1. The van der Waals surface area contributed by atoms with Crippen LogP contribution in [0.4, 0.5) is 13.2 Å². The minimum absolute atomic E-state index is 0.0964. The lowest BCUT2D eigenvalue weighted by atomic mass is 9.99. The molecule has 0 radical (unpaired) electrons. The molecule has 0 saturated carbocycles. The number of hydrogen-bond donors (Lipinski definition) is 0. The Labute approximate surface area is 161 Å². The van der Waals surface area contributed by atoms with Crippen LogP contribution in [0, 0.1) is 17.5 Å². The molecule has 5 heteroatoms. The number of allylic oxidation sites excluding steroid dienone is 1. The van der Waals surface area contributed by atoms with Gasteiger partial charge >= 0.3 is 0 Å². The van der Waals surface area contributed by atoms with Gasteiger partial charge in [0.25, 0.3) is 0 Å². The fraction of sp³-hybridized carbons (Fsp3) is 0.130. The molecule has 0 atom stereocenters. The first-order valence-corrected chi connectivity index (χ1v) is 8.75. The van der Waals surface area contributed by atoms with Crippen LogP contribution in [-0.4, -0.2) is 13.2 Å². The summed E-state index contributed by atoms with van der Waals surface area (Å²) in [6.07, 6.45) is 5.01. The third-order valence-electron chi connectivity index (χ3n) is 4.19. The van der Waals surface area contributed by atoms with Crippen molar-refractivity contribution in [3.05, 3.63) is 84.7 Å². The van der Waals surface area contributed by atoms with Crippen molar-refractivity contribution >= 4 is 10.8 Å². The maximum atomic E-state index is 15.0. The standard InChI is InChI=1S/C23H19F3O2/c1-3-5-13-28-19-14-16-8-11-18(21(24)20(16)23(26)22(19)25)15-6-9-17(10-7-15)27-12-4-2/h3-11,14H,2,12-13H2,1H3. The first-order chi connectivity index (χ1) is 13.6. The highest BCUT2D eigenvalue weighted by Crippen LogP contribution is 2.35. The molecular weight excluding hydrogens is 365 g/mol. The van der Waals surface area contributed by atoms with E-state index in [9.17, 15) is 8.78 Å². The normalized spacial score (nSPS) is 11.1. The highest BCUT2D eigenvalue weighted by molar-refractivity contribution is 5.90. The molecule has 2 nitrogen and oxygen atoms in total. The van der Waals surface area contributed by atoms with Crippen LogP contribution in [0.1, 0.15) is 6.92 Å². The van der Waals surface area contributed by atoms with E-state index in [1.807, 2.05) is 0 Å². The summed E-state index contributed by atoms with van der Waals surface area (Å²) in [4.78, 5) is 0. The summed E-state index contributed by atoms with van der Waals surface area (Å²) in [5.74, 6) is -2.95. The van der Waals surface area contributed by atoms with Crippen LogP contribution >= 0.6 is 0 Å². The molecule has 0 amide bonds. The van der Waals surface area contributed by atoms with Crippen LogP contribution in [0.15, 0.2) is 67.3 Å². The summed E-state index contributed by atoms with van der Waals surface area (Å²) in [6.45, 7) is 5.81. The Kier molecular flexibility index (Phi) is 6.04. The molecule has 0 spiro atoms. The molecule has 0 bridgehead atoms. The molecule has 0 aliphatic carbocycles. The fourth-order valence-corrected chi connectivity index (χ4v) is 2.80. The van der Waals surface area contributed by atoms with Crippen molar-refractivity contribution in [2.24, 2.45) is 0 Å². The van der Waals surface area contributed by atoms with Crippen molar-refractivity contribution in [3.63, 3.8) is 0 Å². The second kappa shape index (κ2) is 8.65. The molecule has 3 aromatic rings. The van der Waals surface area contributed by atoms with Gasteiger partial charge in [-0.2, -0.15) is 4.39 Å². The zero-order valence-corrected chi connectivity index (χ0v) is 15.3. The summed E-state index contributed by atoms with van der Waals surface area (Å²) < 4.78 is 54.6. The van der Waals surface area contributed by atoms with Crippen LogP contribution in [0.2, 0.25) is 0 Å². The van der Waals surface area contributed by atoms with Gasteiger partial charge in [-0.05, 0) is 36.1 Å². The number of halogens is 3. The molecule has 144 valence electrons. The van der Waals surface area contributed by atoms with E-state index in [0.29, 0.717) is 17.9 Å². The lowest BCUT2D eigenvalue weighted by molar-refractivity contribution is 0.334. The van der Waals surface area contributed by atoms with Gasteiger partial charge in [-0.1, -0.05) is 49.1 Å². The van der Waals surface area contributed by atoms with E-state index in [0.717, 1.165) is 0 Å². The van der Waals surface area contributed by atoms with E-state index in [-0.39, 0.29) is 23.3 Å². The predicted octanol–water partition coefficient (Wildman–Crippen LogP) is 6.44. The second-order valence-electron chi connectivity index (χ2n) is 6.03.